The summed E-state index contributed by atoms with van der Waals surface area (Å²) in [6.45, 7) is 4.66. The molecule has 0 aromatic heterocycles. The van der Waals surface area contributed by atoms with Crippen molar-refractivity contribution in [2.75, 3.05) is 20.8 Å². The van der Waals surface area contributed by atoms with Crippen LogP contribution in [0.15, 0.2) is 18.2 Å². The van der Waals surface area contributed by atoms with Crippen molar-refractivity contribution < 1.29 is 14.3 Å². The van der Waals surface area contributed by atoms with E-state index in [4.69, 9.17) is 9.47 Å². The van der Waals surface area contributed by atoms with Gasteiger partial charge in [0.25, 0.3) is 5.91 Å². The summed E-state index contributed by atoms with van der Waals surface area (Å²) in [6.07, 6.45) is 0. The van der Waals surface area contributed by atoms with Gasteiger partial charge in [0, 0.05) is 7.05 Å². The van der Waals surface area contributed by atoms with Gasteiger partial charge in [-0.25, -0.2) is 5.43 Å². The topological polar surface area (TPSA) is 59.6 Å². The smallest absolute Gasteiger partial charge is 0.260 e. The number of carbonyl (C=O) groups is 1. The molecule has 0 spiro atoms. The average Bonchev–Trinajstić information content (AvgIpc) is 2.38. The van der Waals surface area contributed by atoms with Crippen LogP contribution < -0.4 is 15.6 Å². The Balaban J connectivity index is 2.59. The van der Waals surface area contributed by atoms with E-state index in [9.17, 15) is 4.79 Å². The zero-order valence-electron chi connectivity index (χ0n) is 11.9. The van der Waals surface area contributed by atoms with Gasteiger partial charge in [0.15, 0.2) is 0 Å². The van der Waals surface area contributed by atoms with Gasteiger partial charge in [0.05, 0.1) is 13.7 Å². The van der Waals surface area contributed by atoms with Crippen LogP contribution in [0.3, 0.4) is 0 Å². The Bertz CT molecular complexity index is 419. The number of hydrogen-bond acceptors (Lipinski definition) is 4. The van der Waals surface area contributed by atoms with E-state index in [0.29, 0.717) is 12.5 Å². The van der Waals surface area contributed by atoms with E-state index < -0.39 is 0 Å². The normalized spacial score (nSPS) is 10.6. The number of hydrazine groups is 1. The molecule has 0 saturated heterocycles. The number of amides is 1. The number of carbonyl (C=O) groups excluding carboxylic acids is 1. The lowest BCUT2D eigenvalue weighted by atomic mass is 10.00. The molecule has 19 heavy (non-hydrogen) atoms. The maximum atomic E-state index is 11.2. The molecule has 0 radical (unpaired) electrons. The van der Waals surface area contributed by atoms with Crippen molar-refractivity contribution in [1.29, 1.82) is 0 Å². The minimum atomic E-state index is -0.194. The Hall–Kier alpha value is -1.59. The molecule has 0 heterocycles. The number of nitrogens with one attached hydrogen (secondary N) is 2. The maximum Gasteiger partial charge on any atom is 0.260 e. The van der Waals surface area contributed by atoms with Crippen LogP contribution in [0.1, 0.15) is 30.9 Å². The lowest BCUT2D eigenvalue weighted by molar-refractivity contribution is -0.126. The third-order valence-electron chi connectivity index (χ3n) is 2.68. The largest absolute Gasteiger partial charge is 0.496 e. The van der Waals surface area contributed by atoms with Crippen molar-refractivity contribution >= 4 is 5.91 Å². The fraction of sp³-hybridized carbons (Fsp3) is 0.500. The molecule has 1 aromatic carbocycles. The molecule has 0 aliphatic rings. The Morgan fingerprint density at radius 3 is 2.68 bits per heavy atom. The van der Waals surface area contributed by atoms with E-state index in [0.717, 1.165) is 16.9 Å². The summed E-state index contributed by atoms with van der Waals surface area (Å²) in [5.41, 5.74) is 7.18. The summed E-state index contributed by atoms with van der Waals surface area (Å²) in [5, 5.41) is 0. The minimum absolute atomic E-state index is 0.0316. The summed E-state index contributed by atoms with van der Waals surface area (Å²) < 4.78 is 10.7. The first-order chi connectivity index (χ1) is 9.08. The van der Waals surface area contributed by atoms with E-state index in [1.807, 2.05) is 12.1 Å². The van der Waals surface area contributed by atoms with Crippen LogP contribution in [0.25, 0.3) is 0 Å². The van der Waals surface area contributed by atoms with Gasteiger partial charge in [-0.05, 0) is 29.2 Å². The van der Waals surface area contributed by atoms with E-state index in [-0.39, 0.29) is 12.5 Å². The number of hydrogen-bond donors (Lipinski definition) is 2. The Morgan fingerprint density at radius 1 is 1.37 bits per heavy atom. The average molecular weight is 266 g/mol. The number of ether oxygens (including phenoxy) is 2. The van der Waals surface area contributed by atoms with Gasteiger partial charge < -0.3 is 9.47 Å². The van der Waals surface area contributed by atoms with Gasteiger partial charge in [0.2, 0.25) is 0 Å². The first kappa shape index (κ1) is 15.5. The zero-order valence-corrected chi connectivity index (χ0v) is 11.9. The highest BCUT2D eigenvalue weighted by Crippen LogP contribution is 2.27. The van der Waals surface area contributed by atoms with Crippen molar-refractivity contribution in [3.63, 3.8) is 0 Å². The molecular weight excluding hydrogens is 244 g/mol. The van der Waals surface area contributed by atoms with Crippen LogP contribution in [0.4, 0.5) is 0 Å². The highest BCUT2D eigenvalue weighted by Gasteiger charge is 2.08. The van der Waals surface area contributed by atoms with E-state index in [1.54, 1.807) is 14.2 Å². The molecule has 0 fully saturated rings. The fourth-order valence-corrected chi connectivity index (χ4v) is 1.76. The van der Waals surface area contributed by atoms with Crippen molar-refractivity contribution in [3.8, 4) is 5.75 Å². The molecule has 0 unspecified atom stereocenters. The molecule has 106 valence electrons. The maximum absolute atomic E-state index is 11.2. The second-order valence-electron chi connectivity index (χ2n) is 4.52. The van der Waals surface area contributed by atoms with Gasteiger partial charge in [-0.2, -0.15) is 0 Å². The summed E-state index contributed by atoms with van der Waals surface area (Å²) in [5.74, 6) is 1.06. The monoisotopic (exact) mass is 266 g/mol. The van der Waals surface area contributed by atoms with Gasteiger partial charge in [-0.15, -0.1) is 0 Å². The van der Waals surface area contributed by atoms with Gasteiger partial charge in [-0.3, -0.25) is 10.2 Å². The quantitative estimate of drug-likeness (QED) is 0.736. The number of rotatable bonds is 7. The first-order valence-electron chi connectivity index (χ1n) is 6.28. The predicted molar refractivity (Wildman–Crippen MR) is 73.9 cm³/mol. The number of benzene rings is 1. The molecule has 0 aliphatic heterocycles. The Kier molecular flexibility index (Phi) is 6.32. The lowest BCUT2D eigenvalue weighted by Gasteiger charge is -2.13. The second kappa shape index (κ2) is 7.76. The highest BCUT2D eigenvalue weighted by atomic mass is 16.5. The molecule has 2 N–H and O–H groups in total. The molecule has 0 atom stereocenters. The summed E-state index contributed by atoms with van der Waals surface area (Å²) >= 11 is 0. The van der Waals surface area contributed by atoms with Crippen LogP contribution in [-0.4, -0.2) is 26.7 Å². The van der Waals surface area contributed by atoms with Crippen LogP contribution in [0.2, 0.25) is 0 Å². The molecule has 5 heteroatoms. The van der Waals surface area contributed by atoms with Gasteiger partial charge in [0.1, 0.15) is 12.4 Å². The standard InChI is InChI=1S/C14H22N2O3/c1-10(2)12-7-11(5-6-13(12)18-4)8-19-9-14(17)16-15-3/h5-7,10,15H,8-9H2,1-4H3,(H,16,17). The molecular formula is C14H22N2O3. The summed E-state index contributed by atoms with van der Waals surface area (Å²) in [4.78, 5) is 11.2. The van der Waals surface area contributed by atoms with Gasteiger partial charge in [-0.1, -0.05) is 19.9 Å². The third-order valence-corrected chi connectivity index (χ3v) is 2.68. The van der Waals surface area contributed by atoms with E-state index >= 15 is 0 Å². The molecule has 0 aliphatic carbocycles. The van der Waals surface area contributed by atoms with Crippen LogP contribution in [0.5, 0.6) is 5.75 Å². The highest BCUT2D eigenvalue weighted by molar-refractivity contribution is 5.76. The van der Waals surface area contributed by atoms with Crippen molar-refractivity contribution in [2.45, 2.75) is 26.4 Å². The third kappa shape index (κ3) is 4.89. The molecule has 1 amide bonds. The Labute approximate surface area is 114 Å². The fourth-order valence-electron chi connectivity index (χ4n) is 1.76. The molecule has 0 saturated carbocycles. The molecule has 1 rings (SSSR count). The van der Waals surface area contributed by atoms with Crippen molar-refractivity contribution in [3.05, 3.63) is 29.3 Å². The zero-order chi connectivity index (χ0) is 14.3. The minimum Gasteiger partial charge on any atom is -0.496 e. The second-order valence-corrected chi connectivity index (χ2v) is 4.52. The summed E-state index contributed by atoms with van der Waals surface area (Å²) in [6, 6.07) is 5.93. The van der Waals surface area contributed by atoms with Crippen LogP contribution in [0, 0.1) is 0 Å². The van der Waals surface area contributed by atoms with Crippen LogP contribution >= 0.6 is 0 Å². The first-order valence-corrected chi connectivity index (χ1v) is 6.28. The SMILES string of the molecule is CNNC(=O)COCc1ccc(OC)c(C(C)C)c1. The Morgan fingerprint density at radius 2 is 2.11 bits per heavy atom. The van der Waals surface area contributed by atoms with Crippen molar-refractivity contribution in [1.82, 2.24) is 10.9 Å². The van der Waals surface area contributed by atoms with Crippen LogP contribution in [-0.2, 0) is 16.1 Å². The molecule has 1 aromatic rings. The summed E-state index contributed by atoms with van der Waals surface area (Å²) in [7, 11) is 3.30. The molecule has 0 bridgehead atoms. The number of methoxy groups -OCH3 is 1. The molecule has 5 nitrogen and oxygen atoms in total. The van der Waals surface area contributed by atoms with Gasteiger partial charge >= 0.3 is 0 Å². The van der Waals surface area contributed by atoms with Crippen molar-refractivity contribution in [2.24, 2.45) is 0 Å². The predicted octanol–water partition coefficient (Wildman–Crippen LogP) is 1.59. The van der Waals surface area contributed by atoms with E-state index in [1.165, 1.54) is 0 Å². The van der Waals surface area contributed by atoms with E-state index in [2.05, 4.69) is 30.8 Å². The lowest BCUT2D eigenvalue weighted by Crippen LogP contribution is -2.36.